The molecule has 60 valence electrons. The molecule has 0 radical (unpaired) electrons. The molecule has 0 amide bonds. The molecular formula is C8H17NO. The minimum atomic E-state index is 0.264. The smallest absolute Gasteiger partial charge is 0.0971 e. The summed E-state index contributed by atoms with van der Waals surface area (Å²) in [5.74, 6) is 0.667. The summed E-state index contributed by atoms with van der Waals surface area (Å²) < 4.78 is 5.30. The Bertz CT molecular complexity index is 106. The molecule has 1 unspecified atom stereocenters. The Labute approximate surface area is 63.0 Å². The van der Waals surface area contributed by atoms with Gasteiger partial charge >= 0.3 is 0 Å². The fourth-order valence-corrected chi connectivity index (χ4v) is 1.49. The van der Waals surface area contributed by atoms with Crippen molar-refractivity contribution in [3.8, 4) is 0 Å². The van der Waals surface area contributed by atoms with Crippen LogP contribution in [0.3, 0.4) is 0 Å². The second-order valence-electron chi connectivity index (χ2n) is 3.33. The molecular weight excluding hydrogens is 126 g/mol. The van der Waals surface area contributed by atoms with Gasteiger partial charge in [0.05, 0.1) is 13.3 Å². The highest BCUT2D eigenvalue weighted by molar-refractivity contribution is 4.91. The van der Waals surface area contributed by atoms with E-state index in [2.05, 4.69) is 26.1 Å². The second-order valence-corrected chi connectivity index (χ2v) is 3.33. The summed E-state index contributed by atoms with van der Waals surface area (Å²) >= 11 is 0. The van der Waals surface area contributed by atoms with Crippen molar-refractivity contribution in [2.75, 3.05) is 13.3 Å². The first-order chi connectivity index (χ1) is 4.71. The van der Waals surface area contributed by atoms with Crippen molar-refractivity contribution in [3.63, 3.8) is 0 Å². The molecule has 1 aliphatic heterocycles. The first-order valence-electron chi connectivity index (χ1n) is 4.04. The molecule has 0 bridgehead atoms. The minimum Gasteiger partial charge on any atom is -0.364 e. The zero-order valence-electron chi connectivity index (χ0n) is 7.11. The van der Waals surface area contributed by atoms with Gasteiger partial charge in [-0.2, -0.15) is 0 Å². The van der Waals surface area contributed by atoms with E-state index < -0.39 is 0 Å². The Balaban J connectivity index is 2.58. The topological polar surface area (TPSA) is 21.3 Å². The van der Waals surface area contributed by atoms with Crippen molar-refractivity contribution < 1.29 is 4.74 Å². The average molecular weight is 143 g/mol. The Morgan fingerprint density at radius 1 is 1.60 bits per heavy atom. The van der Waals surface area contributed by atoms with Crippen molar-refractivity contribution in [1.29, 1.82) is 0 Å². The lowest BCUT2D eigenvalue weighted by Crippen LogP contribution is -2.46. The molecule has 2 heteroatoms. The Hall–Kier alpha value is -0.0800. The summed E-state index contributed by atoms with van der Waals surface area (Å²) in [5.41, 5.74) is 0.264. The first-order valence-corrected chi connectivity index (χ1v) is 4.04. The predicted octanol–water partition coefficient (Wildman–Crippen LogP) is 1.37. The molecule has 1 rings (SSSR count). The standard InChI is InChI=1S/C8H17NO/c1-4-8(7(2)3)5-10-6-9-8/h7,9H,4-6H2,1-3H3. The molecule has 0 saturated carbocycles. The number of rotatable bonds is 2. The van der Waals surface area contributed by atoms with E-state index in [9.17, 15) is 0 Å². The van der Waals surface area contributed by atoms with E-state index in [0.717, 1.165) is 19.8 Å². The molecule has 1 fully saturated rings. The highest BCUT2D eigenvalue weighted by Crippen LogP contribution is 2.24. The van der Waals surface area contributed by atoms with Crippen LogP contribution in [-0.4, -0.2) is 18.9 Å². The maximum absolute atomic E-state index is 5.30. The molecule has 0 aromatic heterocycles. The Morgan fingerprint density at radius 2 is 2.30 bits per heavy atom. The normalized spacial score (nSPS) is 33.6. The Morgan fingerprint density at radius 3 is 2.50 bits per heavy atom. The molecule has 1 N–H and O–H groups in total. The zero-order valence-corrected chi connectivity index (χ0v) is 7.11. The fourth-order valence-electron chi connectivity index (χ4n) is 1.49. The molecule has 1 saturated heterocycles. The van der Waals surface area contributed by atoms with Gasteiger partial charge in [-0.1, -0.05) is 20.8 Å². The van der Waals surface area contributed by atoms with Crippen molar-refractivity contribution >= 4 is 0 Å². The summed E-state index contributed by atoms with van der Waals surface area (Å²) in [6.45, 7) is 8.30. The number of ether oxygens (including phenoxy) is 1. The maximum atomic E-state index is 5.30. The van der Waals surface area contributed by atoms with E-state index in [-0.39, 0.29) is 5.54 Å². The van der Waals surface area contributed by atoms with E-state index in [1.165, 1.54) is 0 Å². The van der Waals surface area contributed by atoms with E-state index in [0.29, 0.717) is 5.92 Å². The lowest BCUT2D eigenvalue weighted by atomic mass is 9.85. The van der Waals surface area contributed by atoms with Crippen molar-refractivity contribution in [1.82, 2.24) is 5.32 Å². The highest BCUT2D eigenvalue weighted by atomic mass is 16.5. The molecule has 1 aliphatic rings. The van der Waals surface area contributed by atoms with Gasteiger partial charge in [0.15, 0.2) is 0 Å². The molecule has 2 nitrogen and oxygen atoms in total. The van der Waals surface area contributed by atoms with Crippen LogP contribution in [0.2, 0.25) is 0 Å². The van der Waals surface area contributed by atoms with Crippen molar-refractivity contribution in [2.24, 2.45) is 5.92 Å². The van der Waals surface area contributed by atoms with E-state index in [1.807, 2.05) is 0 Å². The van der Waals surface area contributed by atoms with Crippen LogP contribution < -0.4 is 5.32 Å². The van der Waals surface area contributed by atoms with Gasteiger partial charge in [-0.15, -0.1) is 0 Å². The van der Waals surface area contributed by atoms with E-state index >= 15 is 0 Å². The Kier molecular flexibility index (Phi) is 2.32. The SMILES string of the molecule is CCC1(C(C)C)COCN1. The van der Waals surface area contributed by atoms with Gasteiger partial charge in [0.1, 0.15) is 0 Å². The molecule has 0 aromatic carbocycles. The molecule has 0 aliphatic carbocycles. The van der Waals surface area contributed by atoms with Gasteiger partial charge in [-0.3, -0.25) is 5.32 Å². The van der Waals surface area contributed by atoms with Gasteiger partial charge in [-0.25, -0.2) is 0 Å². The second kappa shape index (κ2) is 2.89. The largest absolute Gasteiger partial charge is 0.364 e. The van der Waals surface area contributed by atoms with E-state index in [4.69, 9.17) is 4.74 Å². The fraction of sp³-hybridized carbons (Fsp3) is 1.00. The van der Waals surface area contributed by atoms with E-state index in [1.54, 1.807) is 0 Å². The van der Waals surface area contributed by atoms with Gasteiger partial charge in [-0.05, 0) is 12.3 Å². The third-order valence-corrected chi connectivity index (χ3v) is 2.62. The summed E-state index contributed by atoms with van der Waals surface area (Å²) in [7, 11) is 0. The summed E-state index contributed by atoms with van der Waals surface area (Å²) in [6.07, 6.45) is 1.16. The highest BCUT2D eigenvalue weighted by Gasteiger charge is 2.35. The van der Waals surface area contributed by atoms with Gasteiger partial charge < -0.3 is 4.74 Å². The first kappa shape index (κ1) is 8.02. The van der Waals surface area contributed by atoms with Crippen LogP contribution in [0.25, 0.3) is 0 Å². The van der Waals surface area contributed by atoms with Gasteiger partial charge in [0.2, 0.25) is 0 Å². The van der Waals surface area contributed by atoms with Crippen LogP contribution in [-0.2, 0) is 4.74 Å². The van der Waals surface area contributed by atoms with Crippen molar-refractivity contribution in [3.05, 3.63) is 0 Å². The lowest BCUT2D eigenvalue weighted by molar-refractivity contribution is 0.160. The van der Waals surface area contributed by atoms with Crippen LogP contribution in [0, 0.1) is 5.92 Å². The van der Waals surface area contributed by atoms with Crippen molar-refractivity contribution in [2.45, 2.75) is 32.7 Å². The minimum absolute atomic E-state index is 0.264. The molecule has 1 atom stereocenters. The monoisotopic (exact) mass is 143 g/mol. The van der Waals surface area contributed by atoms with Crippen LogP contribution in [0.15, 0.2) is 0 Å². The van der Waals surface area contributed by atoms with Gasteiger partial charge in [0, 0.05) is 5.54 Å². The summed E-state index contributed by atoms with van der Waals surface area (Å²) in [6, 6.07) is 0. The predicted molar refractivity (Wildman–Crippen MR) is 41.8 cm³/mol. The van der Waals surface area contributed by atoms with Crippen LogP contribution in [0.4, 0.5) is 0 Å². The molecule has 0 aromatic rings. The van der Waals surface area contributed by atoms with Gasteiger partial charge in [0.25, 0.3) is 0 Å². The van der Waals surface area contributed by atoms with Crippen LogP contribution >= 0.6 is 0 Å². The third kappa shape index (κ3) is 1.18. The third-order valence-electron chi connectivity index (χ3n) is 2.62. The number of hydrogen-bond donors (Lipinski definition) is 1. The molecule has 0 spiro atoms. The molecule has 1 heterocycles. The summed E-state index contributed by atoms with van der Waals surface area (Å²) in [4.78, 5) is 0. The molecule has 10 heavy (non-hydrogen) atoms. The van der Waals surface area contributed by atoms with Crippen LogP contribution in [0.1, 0.15) is 27.2 Å². The number of nitrogens with one attached hydrogen (secondary N) is 1. The quantitative estimate of drug-likeness (QED) is 0.630. The zero-order chi connectivity index (χ0) is 7.61. The lowest BCUT2D eigenvalue weighted by Gasteiger charge is -2.30. The maximum Gasteiger partial charge on any atom is 0.0971 e. The van der Waals surface area contributed by atoms with Crippen LogP contribution in [0.5, 0.6) is 0 Å². The number of hydrogen-bond acceptors (Lipinski definition) is 2. The summed E-state index contributed by atoms with van der Waals surface area (Å²) in [5, 5.41) is 3.40. The average Bonchev–Trinajstić information content (AvgIpc) is 2.35.